The van der Waals surface area contributed by atoms with E-state index in [2.05, 4.69) is 19.9 Å². The van der Waals surface area contributed by atoms with Crippen LogP contribution < -0.4 is 0 Å². The van der Waals surface area contributed by atoms with Gasteiger partial charge in [0.25, 0.3) is 0 Å². The zero-order chi connectivity index (χ0) is 18.0. The minimum Gasteiger partial charge on any atom is -0.299 e. The number of carbonyl (C=O) groups is 1. The Morgan fingerprint density at radius 2 is 1.80 bits per heavy atom. The smallest absolute Gasteiger partial charge is 0.299 e. The Morgan fingerprint density at radius 1 is 1.12 bits per heavy atom. The number of carbonyl (C=O) groups excluding carboxylic acids is 1. The molecule has 0 saturated heterocycles. The van der Waals surface area contributed by atoms with E-state index in [9.17, 15) is 13.2 Å². The minimum absolute atomic E-state index is 0.0783. The summed E-state index contributed by atoms with van der Waals surface area (Å²) in [5.74, 6) is 2.10. The van der Waals surface area contributed by atoms with Gasteiger partial charge < -0.3 is 0 Å². The third-order valence-electron chi connectivity index (χ3n) is 8.03. The Kier molecular flexibility index (Phi) is 3.99. The van der Waals surface area contributed by atoms with Gasteiger partial charge in [0.1, 0.15) is 5.78 Å². The number of fused-ring (bicyclic) bond motifs is 5. The standard InChI is InChI=1S/C19H28O5S/c1-18-9-7-13(24-25(21,22)23)11-12(18)3-4-14-15-5-6-17(20)19(15,2)10-8-16(14)18/h3,13-16H,4-11H2,1-2H3,(H,21,22,23)/t13-,14-,15?,16?,18-,19-/m0/s1. The summed E-state index contributed by atoms with van der Waals surface area (Å²) in [6.07, 6.45) is 8.79. The first kappa shape index (κ1) is 17.7. The Morgan fingerprint density at radius 3 is 2.52 bits per heavy atom. The van der Waals surface area contributed by atoms with Crippen LogP contribution in [0.5, 0.6) is 0 Å². The van der Waals surface area contributed by atoms with Gasteiger partial charge in [-0.2, -0.15) is 8.42 Å². The molecule has 140 valence electrons. The van der Waals surface area contributed by atoms with Crippen LogP contribution in [-0.2, 0) is 19.4 Å². The molecule has 0 aromatic carbocycles. The molecule has 1 N–H and O–H groups in total. The predicted molar refractivity (Wildman–Crippen MR) is 93.1 cm³/mol. The minimum atomic E-state index is -4.40. The molecule has 4 aliphatic rings. The summed E-state index contributed by atoms with van der Waals surface area (Å²) in [5.41, 5.74) is 1.25. The second-order valence-electron chi connectivity index (χ2n) is 9.07. The van der Waals surface area contributed by atoms with E-state index < -0.39 is 16.5 Å². The molecule has 4 rings (SSSR count). The second kappa shape index (κ2) is 5.64. The van der Waals surface area contributed by atoms with Gasteiger partial charge in [0.15, 0.2) is 0 Å². The summed E-state index contributed by atoms with van der Waals surface area (Å²) >= 11 is 0. The van der Waals surface area contributed by atoms with Crippen molar-refractivity contribution < 1.29 is 21.9 Å². The van der Waals surface area contributed by atoms with E-state index in [1.807, 2.05) is 0 Å². The molecule has 6 atom stereocenters. The summed E-state index contributed by atoms with van der Waals surface area (Å²) < 4.78 is 35.9. The number of ketones is 1. The Labute approximate surface area is 150 Å². The van der Waals surface area contributed by atoms with Crippen LogP contribution in [0.1, 0.15) is 65.2 Å². The highest BCUT2D eigenvalue weighted by atomic mass is 32.3. The SMILES string of the molecule is C[C@]12CC[C@H](OS(=O)(=O)O)CC1=CC[C@@H]1C2CC[C@]2(C)C(=O)CCC12. The molecule has 3 fully saturated rings. The fourth-order valence-electron chi connectivity index (χ4n) is 6.65. The lowest BCUT2D eigenvalue weighted by Crippen LogP contribution is -2.50. The van der Waals surface area contributed by atoms with Crippen molar-refractivity contribution in [2.75, 3.05) is 0 Å². The molecule has 0 heterocycles. The predicted octanol–water partition coefficient (Wildman–Crippen LogP) is 3.71. The van der Waals surface area contributed by atoms with Crippen molar-refractivity contribution in [3.05, 3.63) is 11.6 Å². The molecule has 0 aromatic heterocycles. The molecule has 25 heavy (non-hydrogen) atoms. The highest BCUT2D eigenvalue weighted by molar-refractivity contribution is 7.80. The van der Waals surface area contributed by atoms with Gasteiger partial charge in [-0.3, -0.25) is 9.35 Å². The van der Waals surface area contributed by atoms with Crippen LogP contribution in [0.4, 0.5) is 0 Å². The van der Waals surface area contributed by atoms with Gasteiger partial charge in [0.2, 0.25) is 0 Å². The van der Waals surface area contributed by atoms with Crippen LogP contribution in [-0.4, -0.2) is 24.9 Å². The quantitative estimate of drug-likeness (QED) is 0.594. The maximum Gasteiger partial charge on any atom is 0.397 e. The van der Waals surface area contributed by atoms with Crippen LogP contribution in [0.3, 0.4) is 0 Å². The zero-order valence-corrected chi connectivity index (χ0v) is 15.8. The summed E-state index contributed by atoms with van der Waals surface area (Å²) in [6, 6.07) is 0. The Hall–Kier alpha value is -0.720. The monoisotopic (exact) mass is 368 g/mol. The normalized spacial score (nSPS) is 46.8. The maximum absolute atomic E-state index is 12.4. The fraction of sp³-hybridized carbons (Fsp3) is 0.842. The number of Topliss-reactive ketones (excluding diaryl/α,β-unsaturated/α-hetero) is 1. The van der Waals surface area contributed by atoms with Crippen molar-refractivity contribution in [1.82, 2.24) is 0 Å². The van der Waals surface area contributed by atoms with Gasteiger partial charge >= 0.3 is 10.4 Å². The van der Waals surface area contributed by atoms with Crippen LogP contribution >= 0.6 is 0 Å². The van der Waals surface area contributed by atoms with Crippen LogP contribution in [0.2, 0.25) is 0 Å². The van der Waals surface area contributed by atoms with E-state index in [1.54, 1.807) is 0 Å². The first-order valence-electron chi connectivity index (χ1n) is 9.52. The van der Waals surface area contributed by atoms with Gasteiger partial charge in [-0.05, 0) is 68.1 Å². The van der Waals surface area contributed by atoms with E-state index in [0.717, 1.165) is 38.5 Å². The average molecular weight is 368 g/mol. The summed E-state index contributed by atoms with van der Waals surface area (Å²) in [5, 5.41) is 0. The third-order valence-corrected chi connectivity index (χ3v) is 8.54. The van der Waals surface area contributed by atoms with E-state index >= 15 is 0 Å². The van der Waals surface area contributed by atoms with Crippen molar-refractivity contribution in [3.63, 3.8) is 0 Å². The molecule has 0 bridgehead atoms. The van der Waals surface area contributed by atoms with Crippen LogP contribution in [0, 0.1) is 28.6 Å². The summed E-state index contributed by atoms with van der Waals surface area (Å²) in [7, 11) is -4.40. The molecule has 0 aromatic rings. The molecule has 4 aliphatic carbocycles. The number of allylic oxidation sites excluding steroid dienone is 1. The van der Waals surface area contributed by atoms with Gasteiger partial charge in [0, 0.05) is 11.8 Å². The fourth-order valence-corrected chi connectivity index (χ4v) is 7.16. The average Bonchev–Trinajstić information content (AvgIpc) is 2.82. The zero-order valence-electron chi connectivity index (χ0n) is 15.0. The second-order valence-corrected chi connectivity index (χ2v) is 10.1. The molecule has 2 unspecified atom stereocenters. The van der Waals surface area contributed by atoms with E-state index in [0.29, 0.717) is 36.4 Å². The Balaban J connectivity index is 1.59. The molecule has 0 amide bonds. The van der Waals surface area contributed by atoms with Crippen molar-refractivity contribution >= 4 is 16.2 Å². The first-order chi connectivity index (χ1) is 11.6. The molecule has 3 saturated carbocycles. The molecule has 5 nitrogen and oxygen atoms in total. The summed E-state index contributed by atoms with van der Waals surface area (Å²) in [4.78, 5) is 12.4. The van der Waals surface area contributed by atoms with Crippen molar-refractivity contribution in [2.24, 2.45) is 28.6 Å². The highest BCUT2D eigenvalue weighted by Gasteiger charge is 2.58. The lowest BCUT2D eigenvalue weighted by molar-refractivity contribution is -0.131. The van der Waals surface area contributed by atoms with Gasteiger partial charge in [-0.25, -0.2) is 4.18 Å². The van der Waals surface area contributed by atoms with Crippen molar-refractivity contribution in [2.45, 2.75) is 71.3 Å². The van der Waals surface area contributed by atoms with Crippen molar-refractivity contribution in [1.29, 1.82) is 0 Å². The largest absolute Gasteiger partial charge is 0.397 e. The van der Waals surface area contributed by atoms with Crippen molar-refractivity contribution in [3.8, 4) is 0 Å². The molecular weight excluding hydrogens is 340 g/mol. The van der Waals surface area contributed by atoms with E-state index in [-0.39, 0.29) is 10.8 Å². The molecule has 0 spiro atoms. The number of rotatable bonds is 2. The number of hydrogen-bond donors (Lipinski definition) is 1. The molecular formula is C19H28O5S. The van der Waals surface area contributed by atoms with Gasteiger partial charge in [-0.15, -0.1) is 0 Å². The van der Waals surface area contributed by atoms with Gasteiger partial charge in [-0.1, -0.05) is 25.5 Å². The lowest BCUT2D eigenvalue weighted by Gasteiger charge is -2.56. The van der Waals surface area contributed by atoms with Gasteiger partial charge in [0.05, 0.1) is 6.10 Å². The van der Waals surface area contributed by atoms with Crippen LogP contribution in [0.15, 0.2) is 11.6 Å². The molecule has 0 radical (unpaired) electrons. The summed E-state index contributed by atoms with van der Waals surface area (Å²) in [6.45, 7) is 4.50. The van der Waals surface area contributed by atoms with E-state index in [4.69, 9.17) is 8.74 Å². The number of hydrogen-bond acceptors (Lipinski definition) is 4. The topological polar surface area (TPSA) is 80.7 Å². The third kappa shape index (κ3) is 2.72. The van der Waals surface area contributed by atoms with Crippen LogP contribution in [0.25, 0.3) is 0 Å². The Bertz CT molecular complexity index is 726. The first-order valence-corrected chi connectivity index (χ1v) is 10.9. The lowest BCUT2D eigenvalue weighted by atomic mass is 9.48. The molecule has 0 aliphatic heterocycles. The highest BCUT2D eigenvalue weighted by Crippen LogP contribution is 2.64. The van der Waals surface area contributed by atoms with E-state index in [1.165, 1.54) is 5.57 Å². The maximum atomic E-state index is 12.4. The molecule has 6 heteroatoms.